The molecule has 0 fully saturated rings. The first kappa shape index (κ1) is 29.7. The van der Waals surface area contributed by atoms with Crippen LogP contribution < -0.4 is 64.0 Å². The van der Waals surface area contributed by atoms with Crippen LogP contribution in [0, 0.1) is 0 Å². The van der Waals surface area contributed by atoms with E-state index in [4.69, 9.17) is 0 Å². The van der Waals surface area contributed by atoms with Gasteiger partial charge in [0.25, 0.3) is 0 Å². The van der Waals surface area contributed by atoms with Crippen LogP contribution in [0.25, 0.3) is 0 Å². The number of carbonyl (C=O) groups is 1. The van der Waals surface area contributed by atoms with Gasteiger partial charge >= 0.3 is 59.1 Å². The molecule has 0 saturated heterocycles. The van der Waals surface area contributed by atoms with Crippen LogP contribution in [0.4, 0.5) is 5.69 Å². The van der Waals surface area contributed by atoms with Gasteiger partial charge in [-0.2, -0.15) is 0 Å². The molecule has 8 nitrogen and oxygen atoms in total. The maximum absolute atomic E-state index is 12.8. The van der Waals surface area contributed by atoms with Crippen molar-refractivity contribution in [2.24, 2.45) is 0 Å². The number of benzene rings is 2. The predicted molar refractivity (Wildman–Crippen MR) is 101 cm³/mol. The molecule has 0 aromatic heterocycles. The molecule has 0 aliphatic carbocycles. The predicted octanol–water partition coefficient (Wildman–Crippen LogP) is -4.08. The van der Waals surface area contributed by atoms with Crippen LogP contribution in [0.1, 0.15) is 41.3 Å². The van der Waals surface area contributed by atoms with Crippen molar-refractivity contribution in [2.45, 2.75) is 29.6 Å². The van der Waals surface area contributed by atoms with Gasteiger partial charge in [0.2, 0.25) is 0 Å². The van der Waals surface area contributed by atoms with E-state index < -0.39 is 35.8 Å². The number of ketones is 1. The van der Waals surface area contributed by atoms with Gasteiger partial charge in [0.1, 0.15) is 20.2 Å². The molecule has 0 atom stereocenters. The van der Waals surface area contributed by atoms with Crippen molar-refractivity contribution in [1.82, 2.24) is 0 Å². The molecule has 12 heteroatoms. The zero-order valence-corrected chi connectivity index (χ0v) is 23.3. The maximum atomic E-state index is 12.8. The summed E-state index contributed by atoms with van der Waals surface area (Å²) in [6, 6.07) is 7.30. The maximum Gasteiger partial charge on any atom is 1.00 e. The van der Waals surface area contributed by atoms with Gasteiger partial charge in [-0.15, -0.1) is 0 Å². The van der Waals surface area contributed by atoms with Crippen LogP contribution in [0.5, 0.6) is 0 Å². The van der Waals surface area contributed by atoms with Crippen LogP contribution in [0.3, 0.4) is 0 Å². The number of nitrogens with zero attached hydrogens (tertiary/aromatic N) is 1. The van der Waals surface area contributed by atoms with E-state index in [1.807, 2.05) is 0 Å². The Labute approximate surface area is 221 Å². The molecule has 0 aliphatic heterocycles. The fraction of sp³-hybridized carbons (Fsp3) is 0.278. The van der Waals surface area contributed by atoms with E-state index in [0.717, 1.165) is 12.1 Å². The molecule has 152 valence electrons. The smallest absolute Gasteiger partial charge is 0.744 e. The molecule has 0 aliphatic rings. The first-order valence-electron chi connectivity index (χ1n) is 8.15. The van der Waals surface area contributed by atoms with E-state index in [0.29, 0.717) is 0 Å². The van der Waals surface area contributed by atoms with Crippen molar-refractivity contribution in [3.05, 3.63) is 53.1 Å². The second-order valence-corrected chi connectivity index (χ2v) is 9.42. The molecule has 0 amide bonds. The molecule has 0 heterocycles. The zero-order chi connectivity index (χ0) is 21.4. The van der Waals surface area contributed by atoms with Gasteiger partial charge in [-0.05, 0) is 35.7 Å². The molecule has 0 bridgehead atoms. The van der Waals surface area contributed by atoms with E-state index in [1.165, 1.54) is 29.2 Å². The van der Waals surface area contributed by atoms with Gasteiger partial charge in [0.05, 0.1) is 15.5 Å². The average Bonchev–Trinajstić information content (AvgIpc) is 2.58. The third kappa shape index (κ3) is 6.86. The Balaban J connectivity index is 0.00000420. The molecule has 0 N–H and O–H groups in total. The zero-order valence-electron chi connectivity index (χ0n) is 17.7. The third-order valence-corrected chi connectivity index (χ3v) is 5.90. The number of hydrogen-bond donors (Lipinski definition) is 0. The molecule has 2 aromatic rings. The SMILES string of the molecule is CC(C)c1ccc(C(=O)c2ccc(N(C)C)c(S(=O)(=O)[O-])c2)cc1S(=O)(=O)[O-].[Na+].[Na+]. The minimum Gasteiger partial charge on any atom is -0.744 e. The normalized spacial score (nSPS) is 11.4. The Morgan fingerprint density at radius 1 is 0.833 bits per heavy atom. The van der Waals surface area contributed by atoms with Gasteiger partial charge < -0.3 is 14.0 Å². The largest absolute Gasteiger partial charge is 1.00 e. The van der Waals surface area contributed by atoms with Crippen molar-refractivity contribution in [1.29, 1.82) is 0 Å². The van der Waals surface area contributed by atoms with E-state index in [-0.39, 0.29) is 87.4 Å². The van der Waals surface area contributed by atoms with Gasteiger partial charge in [0, 0.05) is 25.2 Å². The Morgan fingerprint density at radius 3 is 1.67 bits per heavy atom. The number of rotatable bonds is 6. The summed E-state index contributed by atoms with van der Waals surface area (Å²) in [7, 11) is -6.59. The molecule has 2 rings (SSSR count). The van der Waals surface area contributed by atoms with Crippen molar-refractivity contribution >= 4 is 31.7 Å². The fourth-order valence-corrected chi connectivity index (χ4v) is 4.40. The molecule has 30 heavy (non-hydrogen) atoms. The number of anilines is 1. The van der Waals surface area contributed by atoms with Gasteiger partial charge in [-0.1, -0.05) is 26.0 Å². The Morgan fingerprint density at radius 2 is 1.27 bits per heavy atom. The summed E-state index contributed by atoms with van der Waals surface area (Å²) in [6.45, 7) is 3.41. The first-order valence-corrected chi connectivity index (χ1v) is 11.0. The van der Waals surface area contributed by atoms with E-state index in [1.54, 1.807) is 27.9 Å². The summed E-state index contributed by atoms with van der Waals surface area (Å²) in [5.41, 5.74) is 0.166. The first-order chi connectivity index (χ1) is 12.7. The summed E-state index contributed by atoms with van der Waals surface area (Å²) in [4.78, 5) is 13.1. The molecule has 2 aromatic carbocycles. The monoisotopic (exact) mass is 471 g/mol. The van der Waals surface area contributed by atoms with Crippen LogP contribution in [0.15, 0.2) is 46.2 Å². The van der Waals surface area contributed by atoms with Crippen LogP contribution >= 0.6 is 0 Å². The number of carbonyl (C=O) groups excluding carboxylic acids is 1. The van der Waals surface area contributed by atoms with Crippen molar-refractivity contribution in [3.63, 3.8) is 0 Å². The third-order valence-electron chi connectivity index (χ3n) is 4.14. The molecule has 0 spiro atoms. The number of hydrogen-bond acceptors (Lipinski definition) is 8. The van der Waals surface area contributed by atoms with Crippen molar-refractivity contribution in [3.8, 4) is 0 Å². The Bertz CT molecular complexity index is 1060. The molecular formula is C18H19NNa2O7S2. The minimum atomic E-state index is -4.86. The quantitative estimate of drug-likeness (QED) is 0.236. The summed E-state index contributed by atoms with van der Waals surface area (Å²) in [5, 5.41) is 0. The van der Waals surface area contributed by atoms with Crippen molar-refractivity contribution < 1.29 is 89.9 Å². The van der Waals surface area contributed by atoms with Crippen molar-refractivity contribution in [2.75, 3.05) is 19.0 Å². The molecule has 0 radical (unpaired) electrons. The van der Waals surface area contributed by atoms with Crippen LogP contribution in [-0.4, -0.2) is 45.8 Å². The van der Waals surface area contributed by atoms with Crippen LogP contribution in [0.2, 0.25) is 0 Å². The summed E-state index contributed by atoms with van der Waals surface area (Å²) in [5.74, 6) is -0.977. The van der Waals surface area contributed by atoms with E-state index >= 15 is 0 Å². The average molecular weight is 471 g/mol. The summed E-state index contributed by atoms with van der Waals surface area (Å²) in [6.07, 6.45) is 0. The molecule has 0 saturated carbocycles. The second kappa shape index (κ2) is 11.0. The Kier molecular flexibility index (Phi) is 10.9. The molecule has 0 unspecified atom stereocenters. The van der Waals surface area contributed by atoms with E-state index in [9.17, 15) is 30.7 Å². The van der Waals surface area contributed by atoms with Gasteiger partial charge in [-0.25, -0.2) is 16.8 Å². The fourth-order valence-electron chi connectivity index (χ4n) is 2.76. The minimum absolute atomic E-state index is 0. The van der Waals surface area contributed by atoms with Gasteiger partial charge in [0.15, 0.2) is 5.78 Å². The second-order valence-electron chi connectivity index (χ2n) is 6.72. The topological polar surface area (TPSA) is 135 Å². The Hall–Kier alpha value is -0.270. The summed E-state index contributed by atoms with van der Waals surface area (Å²) >= 11 is 0. The summed E-state index contributed by atoms with van der Waals surface area (Å²) < 4.78 is 69.4. The standard InChI is InChI=1S/C18H21NO7S2.2Na/c1-11(2)14-7-5-12(9-16(14)27(21,22)23)18(20)13-6-8-15(19(3)4)17(10-13)28(24,25)26;;/h5-11H,1-4H3,(H,21,22,23)(H,24,25,26);;/q;2*+1/p-2. The van der Waals surface area contributed by atoms with E-state index in [2.05, 4.69) is 0 Å². The molecular weight excluding hydrogens is 452 g/mol. The van der Waals surface area contributed by atoms with Crippen LogP contribution in [-0.2, 0) is 20.2 Å². The van der Waals surface area contributed by atoms with Gasteiger partial charge in [-0.3, -0.25) is 4.79 Å².